The molecule has 1 heterocycles. The molecule has 1 atom stereocenters. The van der Waals surface area contributed by atoms with E-state index in [1.54, 1.807) is 32.9 Å². The second kappa shape index (κ2) is 12.7. The Bertz CT molecular complexity index is 1140. The number of nitrogens with one attached hydrogen (secondary N) is 3. The molecular weight excluding hydrogens is 492 g/mol. The molecule has 38 heavy (non-hydrogen) atoms. The number of amides is 5. The molecule has 0 radical (unpaired) electrons. The highest BCUT2D eigenvalue weighted by Gasteiger charge is 2.38. The largest absolute Gasteiger partial charge is 0.445 e. The summed E-state index contributed by atoms with van der Waals surface area (Å²) in [5, 5.41) is 5.78. The van der Waals surface area contributed by atoms with Crippen LogP contribution >= 0.6 is 0 Å². The predicted octanol–water partition coefficient (Wildman–Crippen LogP) is 3.30. The Hall–Kier alpha value is -4.41. The lowest BCUT2D eigenvalue weighted by atomic mass is 10.1. The fourth-order valence-corrected chi connectivity index (χ4v) is 3.64. The second-order valence-corrected chi connectivity index (χ2v) is 9.65. The summed E-state index contributed by atoms with van der Waals surface area (Å²) in [4.78, 5) is 62.5. The van der Waals surface area contributed by atoms with Crippen LogP contribution in [0.1, 0.15) is 66.3 Å². The van der Waals surface area contributed by atoms with Gasteiger partial charge in [0.2, 0.25) is 0 Å². The van der Waals surface area contributed by atoms with E-state index in [4.69, 9.17) is 9.47 Å². The van der Waals surface area contributed by atoms with Crippen LogP contribution < -0.4 is 16.1 Å². The third kappa shape index (κ3) is 8.05. The third-order valence-corrected chi connectivity index (χ3v) is 5.43. The van der Waals surface area contributed by atoms with Gasteiger partial charge in [0.25, 0.3) is 17.7 Å². The summed E-state index contributed by atoms with van der Waals surface area (Å²) in [6.07, 6.45) is -0.319. The molecule has 3 rings (SSSR count). The van der Waals surface area contributed by atoms with E-state index in [2.05, 4.69) is 16.1 Å². The molecule has 0 saturated carbocycles. The van der Waals surface area contributed by atoms with Gasteiger partial charge >= 0.3 is 12.2 Å². The van der Waals surface area contributed by atoms with Crippen molar-refractivity contribution in [1.29, 1.82) is 0 Å². The average molecular weight is 525 g/mol. The number of alkyl carbamates (subject to hydrolysis) is 2. The summed E-state index contributed by atoms with van der Waals surface area (Å²) in [6, 6.07) is 14.4. The normalized spacial score (nSPS) is 13.4. The quantitative estimate of drug-likeness (QED) is 0.320. The van der Waals surface area contributed by atoms with Crippen molar-refractivity contribution in [1.82, 2.24) is 21.1 Å². The van der Waals surface area contributed by atoms with E-state index in [1.165, 1.54) is 12.1 Å². The second-order valence-electron chi connectivity index (χ2n) is 9.65. The van der Waals surface area contributed by atoms with Crippen LogP contribution in [0.5, 0.6) is 0 Å². The first-order valence-corrected chi connectivity index (χ1v) is 12.3. The van der Waals surface area contributed by atoms with Crippen molar-refractivity contribution in [3.8, 4) is 0 Å². The zero-order valence-electron chi connectivity index (χ0n) is 21.6. The molecule has 2 aromatic rings. The number of fused-ring (bicyclic) bond motifs is 1. The molecular formula is C27H32N4O7. The number of carbonyl (C=O) groups is 5. The lowest BCUT2D eigenvalue weighted by Gasteiger charge is -2.24. The van der Waals surface area contributed by atoms with E-state index in [0.29, 0.717) is 17.9 Å². The van der Waals surface area contributed by atoms with Gasteiger partial charge in [0.1, 0.15) is 18.2 Å². The van der Waals surface area contributed by atoms with E-state index in [0.717, 1.165) is 5.56 Å². The minimum Gasteiger partial charge on any atom is -0.445 e. The van der Waals surface area contributed by atoms with Crippen LogP contribution in [-0.4, -0.2) is 53.1 Å². The van der Waals surface area contributed by atoms with Gasteiger partial charge in [-0.05, 0) is 57.7 Å². The monoisotopic (exact) mass is 524 g/mol. The molecule has 0 fully saturated rings. The van der Waals surface area contributed by atoms with Crippen molar-refractivity contribution in [3.05, 3.63) is 71.3 Å². The Morgan fingerprint density at radius 1 is 0.868 bits per heavy atom. The van der Waals surface area contributed by atoms with Gasteiger partial charge in [-0.1, -0.05) is 42.5 Å². The average Bonchev–Trinajstić information content (AvgIpc) is 3.11. The van der Waals surface area contributed by atoms with Crippen LogP contribution in [0.3, 0.4) is 0 Å². The highest BCUT2D eigenvalue weighted by atomic mass is 16.6. The minimum atomic E-state index is -1.10. The zero-order valence-corrected chi connectivity index (χ0v) is 21.6. The van der Waals surface area contributed by atoms with E-state index < -0.39 is 41.6 Å². The summed E-state index contributed by atoms with van der Waals surface area (Å²) in [6.45, 7) is 5.48. The number of rotatable bonds is 10. The van der Waals surface area contributed by atoms with E-state index in [-0.39, 0.29) is 30.7 Å². The lowest BCUT2D eigenvalue weighted by molar-refractivity contribution is -0.126. The van der Waals surface area contributed by atoms with Crippen molar-refractivity contribution < 1.29 is 33.4 Å². The number of carbonyl (C=O) groups excluding carboxylic acids is 5. The van der Waals surface area contributed by atoms with Crippen LogP contribution in [0.25, 0.3) is 0 Å². The Morgan fingerprint density at radius 2 is 1.47 bits per heavy atom. The summed E-state index contributed by atoms with van der Waals surface area (Å²) < 4.78 is 10.4. The number of benzene rings is 2. The number of hydrogen-bond donors (Lipinski definition) is 3. The van der Waals surface area contributed by atoms with Crippen molar-refractivity contribution in [2.24, 2.45) is 0 Å². The first-order valence-electron chi connectivity index (χ1n) is 12.3. The fraction of sp³-hybridized carbons (Fsp3) is 0.370. The molecule has 2 aromatic carbocycles. The number of hydrogen-bond acceptors (Lipinski definition) is 7. The number of ether oxygens (including phenoxy) is 2. The molecule has 0 bridgehead atoms. The van der Waals surface area contributed by atoms with Gasteiger partial charge in [0, 0.05) is 6.54 Å². The maximum atomic E-state index is 13.0. The Labute approximate surface area is 220 Å². The van der Waals surface area contributed by atoms with Crippen molar-refractivity contribution in [2.45, 2.75) is 58.3 Å². The molecule has 3 N–H and O–H groups in total. The first-order chi connectivity index (χ1) is 18.0. The third-order valence-electron chi connectivity index (χ3n) is 5.43. The summed E-state index contributed by atoms with van der Waals surface area (Å²) in [7, 11) is 0. The highest BCUT2D eigenvalue weighted by Crippen LogP contribution is 2.21. The Kier molecular flexibility index (Phi) is 9.42. The molecule has 0 saturated heterocycles. The maximum absolute atomic E-state index is 13.0. The van der Waals surface area contributed by atoms with Crippen molar-refractivity contribution in [2.75, 3.05) is 6.54 Å². The highest BCUT2D eigenvalue weighted by molar-refractivity contribution is 6.21. The molecule has 1 aliphatic rings. The first kappa shape index (κ1) is 28.2. The zero-order chi connectivity index (χ0) is 27.7. The minimum absolute atomic E-state index is 0.145. The molecule has 0 aromatic heterocycles. The lowest BCUT2D eigenvalue weighted by Crippen LogP contribution is -2.54. The molecule has 5 amide bonds. The molecule has 11 nitrogen and oxygen atoms in total. The van der Waals surface area contributed by atoms with Gasteiger partial charge in [0.05, 0.1) is 11.1 Å². The van der Waals surface area contributed by atoms with Crippen LogP contribution in [0.2, 0.25) is 0 Å². The molecule has 0 unspecified atom stereocenters. The summed E-state index contributed by atoms with van der Waals surface area (Å²) >= 11 is 0. The van der Waals surface area contributed by atoms with Crippen LogP contribution in [0, 0.1) is 0 Å². The van der Waals surface area contributed by atoms with Gasteiger partial charge < -0.3 is 20.1 Å². The molecule has 0 spiro atoms. The predicted molar refractivity (Wildman–Crippen MR) is 137 cm³/mol. The molecule has 11 heteroatoms. The van der Waals surface area contributed by atoms with Gasteiger partial charge in [0.15, 0.2) is 0 Å². The van der Waals surface area contributed by atoms with Gasteiger partial charge in [-0.15, -0.1) is 0 Å². The summed E-state index contributed by atoms with van der Waals surface area (Å²) in [5.41, 5.74) is 2.75. The van der Waals surface area contributed by atoms with Gasteiger partial charge in [-0.2, -0.15) is 5.01 Å². The SMILES string of the molecule is CC(C)(C)OC(=O)N[C@@H](CCCCNC(=O)OCc1ccccc1)C(=O)NN1C(=O)c2ccccc2C1=O. The summed E-state index contributed by atoms with van der Waals surface area (Å²) in [5.74, 6) is -2.07. The van der Waals surface area contributed by atoms with Gasteiger partial charge in [-0.25, -0.2) is 9.59 Å². The van der Waals surface area contributed by atoms with Gasteiger partial charge in [-0.3, -0.25) is 19.8 Å². The van der Waals surface area contributed by atoms with Crippen LogP contribution in [0.15, 0.2) is 54.6 Å². The van der Waals surface area contributed by atoms with E-state index in [1.807, 2.05) is 30.3 Å². The maximum Gasteiger partial charge on any atom is 0.408 e. The van der Waals surface area contributed by atoms with E-state index in [9.17, 15) is 24.0 Å². The van der Waals surface area contributed by atoms with Crippen LogP contribution in [0.4, 0.5) is 9.59 Å². The smallest absolute Gasteiger partial charge is 0.408 e. The molecule has 0 aliphatic carbocycles. The fourth-order valence-electron chi connectivity index (χ4n) is 3.64. The number of imide groups is 1. The number of hydrazine groups is 1. The molecule has 202 valence electrons. The topological polar surface area (TPSA) is 143 Å². The molecule has 1 aliphatic heterocycles. The van der Waals surface area contributed by atoms with Crippen molar-refractivity contribution in [3.63, 3.8) is 0 Å². The number of nitrogens with zero attached hydrogens (tertiary/aromatic N) is 1. The van der Waals surface area contributed by atoms with Crippen molar-refractivity contribution >= 4 is 29.9 Å². The van der Waals surface area contributed by atoms with Crippen LogP contribution in [-0.2, 0) is 20.9 Å². The Balaban J connectivity index is 1.51. The van der Waals surface area contributed by atoms with E-state index >= 15 is 0 Å². The Morgan fingerprint density at radius 3 is 2.08 bits per heavy atom. The standard InChI is InChI=1S/C27H32N4O7/c1-27(2,3)38-26(36)29-21(15-9-10-16-28-25(35)37-17-18-11-5-4-6-12-18)22(32)30-31-23(33)19-13-7-8-14-20(19)24(31)34/h4-8,11-14,21H,9-10,15-17H2,1-3H3,(H,28,35)(H,29,36)(H,30,32)/t21-/m0/s1. The number of unbranched alkanes of at least 4 members (excludes halogenated alkanes) is 1.